The van der Waals surface area contributed by atoms with Crippen LogP contribution in [0.15, 0.2) is 0 Å². The molecule has 0 aliphatic carbocycles. The van der Waals surface area contributed by atoms with E-state index in [9.17, 15) is 10.1 Å². The number of hydrogen-bond acceptors (Lipinski definition) is 2. The Labute approximate surface area is 67.9 Å². The van der Waals surface area contributed by atoms with Gasteiger partial charge in [-0.2, -0.15) is 0 Å². The van der Waals surface area contributed by atoms with Crippen LogP contribution in [0, 0.1) is 22.0 Å². The Bertz CT molecular complexity index is 125. The Morgan fingerprint density at radius 1 is 1.36 bits per heavy atom. The van der Waals surface area contributed by atoms with E-state index in [4.69, 9.17) is 0 Å². The van der Waals surface area contributed by atoms with Crippen molar-refractivity contribution in [2.75, 3.05) is 6.54 Å². The lowest BCUT2D eigenvalue weighted by Gasteiger charge is -2.16. The summed E-state index contributed by atoms with van der Waals surface area (Å²) in [5.74, 6) is 0.736. The van der Waals surface area contributed by atoms with Gasteiger partial charge in [-0.3, -0.25) is 10.1 Å². The van der Waals surface area contributed by atoms with E-state index in [0.29, 0.717) is 5.92 Å². The highest BCUT2D eigenvalue weighted by atomic mass is 16.6. The van der Waals surface area contributed by atoms with Crippen LogP contribution >= 0.6 is 0 Å². The van der Waals surface area contributed by atoms with Crippen molar-refractivity contribution in [3.63, 3.8) is 0 Å². The van der Waals surface area contributed by atoms with Crippen LogP contribution in [0.3, 0.4) is 0 Å². The van der Waals surface area contributed by atoms with Crippen molar-refractivity contribution in [2.45, 2.75) is 33.6 Å². The summed E-state index contributed by atoms with van der Waals surface area (Å²) < 4.78 is 0. The number of nitrogens with zero attached hydrogens (tertiary/aromatic N) is 1. The molecule has 0 fully saturated rings. The van der Waals surface area contributed by atoms with E-state index < -0.39 is 0 Å². The maximum Gasteiger partial charge on any atom is 0.206 e. The zero-order valence-corrected chi connectivity index (χ0v) is 7.54. The standard InChI is InChI=1S/C8H17NO2/c1-4-7(3)8(5-2)6-9(10)11/h7-8H,4-6H2,1-3H3/t7-,8-/m1/s1. The van der Waals surface area contributed by atoms with E-state index in [1.807, 2.05) is 6.92 Å². The monoisotopic (exact) mass is 159 g/mol. The van der Waals surface area contributed by atoms with Gasteiger partial charge < -0.3 is 0 Å². The highest BCUT2D eigenvalue weighted by Crippen LogP contribution is 2.18. The van der Waals surface area contributed by atoms with Crippen LogP contribution < -0.4 is 0 Å². The smallest absolute Gasteiger partial charge is 0.206 e. The van der Waals surface area contributed by atoms with E-state index in [1.54, 1.807) is 0 Å². The van der Waals surface area contributed by atoms with Gasteiger partial charge in [-0.1, -0.05) is 27.2 Å². The van der Waals surface area contributed by atoms with Crippen LogP contribution in [0.5, 0.6) is 0 Å². The Hall–Kier alpha value is -0.600. The molecule has 0 aromatic rings. The third-order valence-electron chi connectivity index (χ3n) is 2.36. The minimum atomic E-state index is -0.208. The van der Waals surface area contributed by atoms with Gasteiger partial charge >= 0.3 is 0 Å². The quantitative estimate of drug-likeness (QED) is 0.456. The lowest BCUT2D eigenvalue weighted by atomic mass is 9.90. The van der Waals surface area contributed by atoms with E-state index in [2.05, 4.69) is 13.8 Å². The topological polar surface area (TPSA) is 43.1 Å². The molecule has 0 unspecified atom stereocenters. The van der Waals surface area contributed by atoms with Gasteiger partial charge in [0.25, 0.3) is 0 Å². The van der Waals surface area contributed by atoms with Crippen LogP contribution in [-0.2, 0) is 0 Å². The Morgan fingerprint density at radius 2 is 1.91 bits per heavy atom. The molecular weight excluding hydrogens is 142 g/mol. The molecule has 3 heteroatoms. The largest absolute Gasteiger partial charge is 0.265 e. The summed E-state index contributed by atoms with van der Waals surface area (Å²) in [6.45, 7) is 6.30. The summed E-state index contributed by atoms with van der Waals surface area (Å²) in [6, 6.07) is 0. The van der Waals surface area contributed by atoms with Crippen LogP contribution in [0.2, 0.25) is 0 Å². The maximum absolute atomic E-state index is 10.2. The molecule has 0 saturated heterocycles. The molecule has 0 aromatic heterocycles. The second-order valence-electron chi connectivity index (χ2n) is 3.07. The highest BCUT2D eigenvalue weighted by Gasteiger charge is 2.18. The summed E-state index contributed by atoms with van der Waals surface area (Å²) in [6.07, 6.45) is 1.95. The van der Waals surface area contributed by atoms with Crippen LogP contribution in [0.1, 0.15) is 33.6 Å². The van der Waals surface area contributed by atoms with E-state index in [0.717, 1.165) is 12.8 Å². The first kappa shape index (κ1) is 10.4. The third-order valence-corrected chi connectivity index (χ3v) is 2.36. The molecule has 0 spiro atoms. The molecular formula is C8H17NO2. The van der Waals surface area contributed by atoms with Gasteiger partial charge in [0.15, 0.2) is 0 Å². The average molecular weight is 159 g/mol. The van der Waals surface area contributed by atoms with Crippen LogP contribution in [0.4, 0.5) is 0 Å². The van der Waals surface area contributed by atoms with Gasteiger partial charge in [0.1, 0.15) is 0 Å². The molecule has 0 radical (unpaired) electrons. The number of nitro groups is 1. The minimum absolute atomic E-state index is 0.130. The molecule has 0 saturated carbocycles. The SMILES string of the molecule is CC[C@H](C[N+](=O)[O-])[C@H](C)CC. The average Bonchev–Trinajstić information content (AvgIpc) is 1.98. The zero-order valence-electron chi connectivity index (χ0n) is 7.54. The summed E-state index contributed by atoms with van der Waals surface area (Å²) in [5, 5.41) is 10.2. The fourth-order valence-corrected chi connectivity index (χ4v) is 1.24. The summed E-state index contributed by atoms with van der Waals surface area (Å²) >= 11 is 0. The van der Waals surface area contributed by atoms with Crippen molar-refractivity contribution < 1.29 is 4.92 Å². The first-order chi connectivity index (χ1) is 5.11. The minimum Gasteiger partial charge on any atom is -0.265 e. The molecule has 0 aliphatic rings. The normalized spacial score (nSPS) is 15.9. The van der Waals surface area contributed by atoms with Crippen molar-refractivity contribution in [3.8, 4) is 0 Å². The second-order valence-corrected chi connectivity index (χ2v) is 3.07. The number of rotatable bonds is 5. The highest BCUT2D eigenvalue weighted by molar-refractivity contribution is 4.62. The molecule has 0 rings (SSSR count). The molecule has 0 aromatic carbocycles. The summed E-state index contributed by atoms with van der Waals surface area (Å²) in [7, 11) is 0. The lowest BCUT2D eigenvalue weighted by molar-refractivity contribution is -0.490. The molecule has 0 amide bonds. The molecule has 0 N–H and O–H groups in total. The molecule has 3 nitrogen and oxygen atoms in total. The van der Waals surface area contributed by atoms with Gasteiger partial charge in [0, 0.05) is 10.8 Å². The Kier molecular flexibility index (Phi) is 4.83. The van der Waals surface area contributed by atoms with Crippen molar-refractivity contribution in [2.24, 2.45) is 11.8 Å². The molecule has 66 valence electrons. The molecule has 0 heterocycles. The van der Waals surface area contributed by atoms with Crippen LogP contribution in [-0.4, -0.2) is 11.5 Å². The van der Waals surface area contributed by atoms with Gasteiger partial charge in [0.05, 0.1) is 0 Å². The predicted octanol–water partition coefficient (Wildman–Crippen LogP) is 2.34. The second kappa shape index (κ2) is 5.10. The van der Waals surface area contributed by atoms with E-state index >= 15 is 0 Å². The zero-order chi connectivity index (χ0) is 8.85. The molecule has 0 bridgehead atoms. The number of hydrogen-bond donors (Lipinski definition) is 0. The van der Waals surface area contributed by atoms with E-state index in [1.165, 1.54) is 0 Å². The summed E-state index contributed by atoms with van der Waals surface area (Å²) in [4.78, 5) is 9.99. The molecule has 11 heavy (non-hydrogen) atoms. The first-order valence-electron chi connectivity index (χ1n) is 4.23. The van der Waals surface area contributed by atoms with E-state index in [-0.39, 0.29) is 17.4 Å². The third kappa shape index (κ3) is 3.96. The van der Waals surface area contributed by atoms with Crippen molar-refractivity contribution in [1.29, 1.82) is 0 Å². The Balaban J connectivity index is 3.84. The van der Waals surface area contributed by atoms with Gasteiger partial charge in [0.2, 0.25) is 6.54 Å². The summed E-state index contributed by atoms with van der Waals surface area (Å²) in [5.41, 5.74) is 0. The fourth-order valence-electron chi connectivity index (χ4n) is 1.24. The maximum atomic E-state index is 10.2. The van der Waals surface area contributed by atoms with Crippen molar-refractivity contribution in [1.82, 2.24) is 0 Å². The molecule has 2 atom stereocenters. The molecule has 0 aliphatic heterocycles. The van der Waals surface area contributed by atoms with Gasteiger partial charge in [-0.15, -0.1) is 0 Å². The lowest BCUT2D eigenvalue weighted by Crippen LogP contribution is -2.20. The van der Waals surface area contributed by atoms with Crippen molar-refractivity contribution in [3.05, 3.63) is 10.1 Å². The van der Waals surface area contributed by atoms with Gasteiger partial charge in [-0.05, 0) is 12.3 Å². The predicted molar refractivity (Wildman–Crippen MR) is 45.1 cm³/mol. The fraction of sp³-hybridized carbons (Fsp3) is 1.00. The van der Waals surface area contributed by atoms with Crippen LogP contribution in [0.25, 0.3) is 0 Å². The first-order valence-corrected chi connectivity index (χ1v) is 4.23. The Morgan fingerprint density at radius 3 is 2.18 bits per heavy atom. The van der Waals surface area contributed by atoms with Crippen molar-refractivity contribution >= 4 is 0 Å². The van der Waals surface area contributed by atoms with Gasteiger partial charge in [-0.25, -0.2) is 0 Å².